The van der Waals surface area contributed by atoms with E-state index in [2.05, 4.69) is 17.1 Å². The molecule has 2 rings (SSSR count). The molecule has 2 atom stereocenters. The Bertz CT molecular complexity index is 216. The number of rotatable bonds is 1. The van der Waals surface area contributed by atoms with Gasteiger partial charge in [-0.25, -0.2) is 0 Å². The summed E-state index contributed by atoms with van der Waals surface area (Å²) in [4.78, 5) is 14.1. The second-order valence-electron chi connectivity index (χ2n) is 4.15. The smallest absolute Gasteiger partial charge is 0.240 e. The number of hydrogen-bond acceptors (Lipinski definition) is 3. The zero-order valence-corrected chi connectivity index (χ0v) is 9.48. The highest BCUT2D eigenvalue weighted by atomic mass is 32.2. The minimum atomic E-state index is 0.0838. The summed E-state index contributed by atoms with van der Waals surface area (Å²) in [5, 5.41) is 3.25. The first-order valence-electron chi connectivity index (χ1n) is 5.40. The molecule has 2 aliphatic heterocycles. The third-order valence-corrected chi connectivity index (χ3v) is 4.04. The molecule has 2 heterocycles. The van der Waals surface area contributed by atoms with Gasteiger partial charge in [0.2, 0.25) is 5.91 Å². The van der Waals surface area contributed by atoms with Crippen LogP contribution in [0, 0.1) is 0 Å². The van der Waals surface area contributed by atoms with Gasteiger partial charge in [0.1, 0.15) is 0 Å². The van der Waals surface area contributed by atoms with Gasteiger partial charge in [-0.3, -0.25) is 10.1 Å². The Labute approximate surface area is 89.6 Å². The fourth-order valence-electron chi connectivity index (χ4n) is 2.18. The lowest BCUT2D eigenvalue weighted by Gasteiger charge is -2.35. The van der Waals surface area contributed by atoms with E-state index in [1.807, 2.05) is 11.8 Å². The van der Waals surface area contributed by atoms with Gasteiger partial charge >= 0.3 is 0 Å². The first-order valence-corrected chi connectivity index (χ1v) is 6.56. The van der Waals surface area contributed by atoms with E-state index in [-0.39, 0.29) is 6.04 Å². The molecule has 80 valence electrons. The first-order chi connectivity index (χ1) is 6.79. The van der Waals surface area contributed by atoms with Gasteiger partial charge < -0.3 is 4.90 Å². The van der Waals surface area contributed by atoms with E-state index < -0.39 is 0 Å². The average molecular weight is 214 g/mol. The van der Waals surface area contributed by atoms with Crippen LogP contribution in [0.5, 0.6) is 0 Å². The van der Waals surface area contributed by atoms with E-state index >= 15 is 0 Å². The second-order valence-corrected chi connectivity index (χ2v) is 5.18. The van der Waals surface area contributed by atoms with Crippen molar-refractivity contribution in [2.24, 2.45) is 0 Å². The topological polar surface area (TPSA) is 32.3 Å². The summed E-state index contributed by atoms with van der Waals surface area (Å²) in [6.45, 7) is 3.13. The van der Waals surface area contributed by atoms with Crippen molar-refractivity contribution in [2.75, 3.05) is 18.2 Å². The van der Waals surface area contributed by atoms with E-state index in [0.717, 1.165) is 18.2 Å². The number of piperidine rings is 1. The van der Waals surface area contributed by atoms with Crippen LogP contribution in [-0.4, -0.2) is 41.1 Å². The van der Waals surface area contributed by atoms with Crippen molar-refractivity contribution < 1.29 is 4.79 Å². The Balaban J connectivity index is 1.94. The first kappa shape index (κ1) is 10.3. The largest absolute Gasteiger partial charge is 0.339 e. The maximum Gasteiger partial charge on any atom is 0.240 e. The Morgan fingerprint density at radius 3 is 3.00 bits per heavy atom. The van der Waals surface area contributed by atoms with Crippen LogP contribution >= 0.6 is 11.8 Å². The molecule has 2 aliphatic rings. The molecule has 0 bridgehead atoms. The molecule has 0 saturated carbocycles. The second kappa shape index (κ2) is 4.53. The quantitative estimate of drug-likeness (QED) is 0.708. The summed E-state index contributed by atoms with van der Waals surface area (Å²) >= 11 is 1.82. The number of thioether (sulfide) groups is 1. The van der Waals surface area contributed by atoms with Crippen LogP contribution in [0.25, 0.3) is 0 Å². The lowest BCUT2D eigenvalue weighted by atomic mass is 10.0. The average Bonchev–Trinajstić information content (AvgIpc) is 2.70. The maximum absolute atomic E-state index is 12.1. The summed E-state index contributed by atoms with van der Waals surface area (Å²) in [5.74, 6) is 2.20. The van der Waals surface area contributed by atoms with Gasteiger partial charge in [-0.1, -0.05) is 0 Å². The molecule has 0 aliphatic carbocycles. The van der Waals surface area contributed by atoms with E-state index in [1.165, 1.54) is 19.3 Å². The molecule has 4 heteroatoms. The molecule has 14 heavy (non-hydrogen) atoms. The Morgan fingerprint density at radius 1 is 1.50 bits per heavy atom. The van der Waals surface area contributed by atoms with Gasteiger partial charge in [0, 0.05) is 24.2 Å². The number of carbonyl (C=O) groups excluding carboxylic acids is 1. The van der Waals surface area contributed by atoms with Crippen LogP contribution in [0.15, 0.2) is 0 Å². The van der Waals surface area contributed by atoms with Gasteiger partial charge in [-0.2, -0.15) is 0 Å². The summed E-state index contributed by atoms with van der Waals surface area (Å²) in [6.07, 6.45) is 3.62. The zero-order valence-electron chi connectivity index (χ0n) is 8.66. The molecule has 0 aromatic heterocycles. The monoisotopic (exact) mass is 214 g/mol. The van der Waals surface area contributed by atoms with E-state index in [4.69, 9.17) is 0 Å². The van der Waals surface area contributed by atoms with E-state index in [0.29, 0.717) is 11.9 Å². The molecule has 2 saturated heterocycles. The minimum absolute atomic E-state index is 0.0838. The summed E-state index contributed by atoms with van der Waals surface area (Å²) in [5.41, 5.74) is 0. The highest BCUT2D eigenvalue weighted by Gasteiger charge is 2.30. The van der Waals surface area contributed by atoms with Crippen molar-refractivity contribution in [3.8, 4) is 0 Å². The van der Waals surface area contributed by atoms with Crippen molar-refractivity contribution in [3.05, 3.63) is 0 Å². The van der Waals surface area contributed by atoms with Crippen molar-refractivity contribution in [1.82, 2.24) is 10.2 Å². The summed E-state index contributed by atoms with van der Waals surface area (Å²) < 4.78 is 0. The Hall–Kier alpha value is -0.220. The normalized spacial score (nSPS) is 33.4. The highest BCUT2D eigenvalue weighted by Crippen LogP contribution is 2.19. The minimum Gasteiger partial charge on any atom is -0.339 e. The number of hydrogen-bond donors (Lipinski definition) is 1. The van der Waals surface area contributed by atoms with Gasteiger partial charge in [0.15, 0.2) is 0 Å². The lowest BCUT2D eigenvalue weighted by Crippen LogP contribution is -2.50. The summed E-state index contributed by atoms with van der Waals surface area (Å²) in [6, 6.07) is 0.532. The number of amides is 1. The van der Waals surface area contributed by atoms with Crippen LogP contribution in [0.1, 0.15) is 26.2 Å². The van der Waals surface area contributed by atoms with Gasteiger partial charge in [0.25, 0.3) is 0 Å². The molecule has 3 nitrogen and oxygen atoms in total. The number of carbonyl (C=O) groups is 1. The molecule has 1 N–H and O–H groups in total. The molecule has 1 unspecified atom stereocenters. The van der Waals surface area contributed by atoms with Crippen LogP contribution < -0.4 is 5.32 Å². The number of nitrogens with one attached hydrogen (secondary N) is 1. The van der Waals surface area contributed by atoms with E-state index in [1.54, 1.807) is 0 Å². The van der Waals surface area contributed by atoms with Crippen molar-refractivity contribution in [3.63, 3.8) is 0 Å². The van der Waals surface area contributed by atoms with Crippen LogP contribution in [-0.2, 0) is 4.79 Å². The van der Waals surface area contributed by atoms with Gasteiger partial charge in [-0.05, 0) is 26.2 Å². The molecule has 0 radical (unpaired) electrons. The molecule has 1 amide bonds. The van der Waals surface area contributed by atoms with Crippen molar-refractivity contribution >= 4 is 17.7 Å². The Morgan fingerprint density at radius 2 is 2.36 bits per heavy atom. The molecule has 0 aromatic carbocycles. The SMILES string of the molecule is CC1CCCCN1C(=O)[C@H]1CSCN1. The molecule has 0 spiro atoms. The number of likely N-dealkylation sites (tertiary alicyclic amines) is 1. The molecule has 2 fully saturated rings. The summed E-state index contributed by atoms with van der Waals surface area (Å²) in [7, 11) is 0. The predicted molar refractivity (Wildman–Crippen MR) is 59.3 cm³/mol. The number of nitrogens with zero attached hydrogens (tertiary/aromatic N) is 1. The predicted octanol–water partition coefficient (Wildman–Crippen LogP) is 1.05. The third kappa shape index (κ3) is 2.06. The third-order valence-electron chi connectivity index (χ3n) is 3.10. The Kier molecular flexibility index (Phi) is 3.34. The van der Waals surface area contributed by atoms with Crippen molar-refractivity contribution in [1.29, 1.82) is 0 Å². The van der Waals surface area contributed by atoms with Crippen LogP contribution in [0.4, 0.5) is 0 Å². The maximum atomic E-state index is 12.1. The van der Waals surface area contributed by atoms with Gasteiger partial charge in [0.05, 0.1) is 6.04 Å². The van der Waals surface area contributed by atoms with Crippen LogP contribution in [0.3, 0.4) is 0 Å². The lowest BCUT2D eigenvalue weighted by molar-refractivity contribution is -0.135. The fraction of sp³-hybridized carbons (Fsp3) is 0.900. The van der Waals surface area contributed by atoms with E-state index in [9.17, 15) is 4.79 Å². The standard InChI is InChI=1S/C10H18N2OS/c1-8-4-2-3-5-12(8)10(13)9-6-14-7-11-9/h8-9,11H,2-7H2,1H3/t8?,9-/m1/s1. The van der Waals surface area contributed by atoms with Crippen LogP contribution in [0.2, 0.25) is 0 Å². The van der Waals surface area contributed by atoms with Gasteiger partial charge in [-0.15, -0.1) is 11.8 Å². The zero-order chi connectivity index (χ0) is 9.97. The fourth-order valence-corrected chi connectivity index (χ4v) is 3.11. The molecular formula is C10H18N2OS. The molecular weight excluding hydrogens is 196 g/mol. The highest BCUT2D eigenvalue weighted by molar-refractivity contribution is 7.99. The molecule has 0 aromatic rings. The van der Waals surface area contributed by atoms with Crippen molar-refractivity contribution in [2.45, 2.75) is 38.3 Å².